The van der Waals surface area contributed by atoms with Crippen molar-refractivity contribution in [2.45, 2.75) is 12.6 Å². The number of nitrogens with zero attached hydrogens (tertiary/aromatic N) is 2. The number of carbonyl (C=O) groups is 1. The number of rotatable bonds is 3. The van der Waals surface area contributed by atoms with Gasteiger partial charge in [0.1, 0.15) is 11.8 Å². The van der Waals surface area contributed by atoms with E-state index in [1.807, 2.05) is 53.4 Å². The Balaban J connectivity index is 1.57. The molecule has 4 aromatic rings. The quantitative estimate of drug-likeness (QED) is 0.468. The molecule has 0 bridgehead atoms. The van der Waals surface area contributed by atoms with Gasteiger partial charge in [-0.25, -0.2) is 4.79 Å². The monoisotopic (exact) mass is 415 g/mol. The summed E-state index contributed by atoms with van der Waals surface area (Å²) >= 11 is 1.67. The first-order valence-corrected chi connectivity index (χ1v) is 10.6. The zero-order valence-corrected chi connectivity index (χ0v) is 17.3. The van der Waals surface area contributed by atoms with Crippen molar-refractivity contribution in [1.82, 2.24) is 9.47 Å². The highest BCUT2D eigenvalue weighted by molar-refractivity contribution is 7.10. The van der Waals surface area contributed by atoms with Gasteiger partial charge in [-0.2, -0.15) is 0 Å². The molecule has 30 heavy (non-hydrogen) atoms. The number of hydrogen-bond donors (Lipinski definition) is 1. The van der Waals surface area contributed by atoms with E-state index in [1.54, 1.807) is 18.4 Å². The largest absolute Gasteiger partial charge is 0.497 e. The summed E-state index contributed by atoms with van der Waals surface area (Å²) in [6.07, 6.45) is 2.07. The van der Waals surface area contributed by atoms with Crippen LogP contribution in [0, 0.1) is 0 Å². The maximum atomic E-state index is 13.5. The average molecular weight is 416 g/mol. The number of methoxy groups -OCH3 is 1. The van der Waals surface area contributed by atoms with E-state index in [9.17, 15) is 4.79 Å². The van der Waals surface area contributed by atoms with Crippen molar-refractivity contribution in [1.29, 1.82) is 0 Å². The number of amides is 2. The SMILES string of the molecule is COc1ccc(NC(=O)N2Cc3ccccc3-n3cccc3C2c2cccs2)cc1. The normalized spacial score (nSPS) is 15.1. The predicted octanol–water partition coefficient (Wildman–Crippen LogP) is 5.68. The van der Waals surface area contributed by atoms with Crippen LogP contribution < -0.4 is 10.1 Å². The van der Waals surface area contributed by atoms with Crippen LogP contribution >= 0.6 is 11.3 Å². The maximum Gasteiger partial charge on any atom is 0.323 e. The summed E-state index contributed by atoms with van der Waals surface area (Å²) in [5.41, 5.74) is 4.03. The van der Waals surface area contributed by atoms with Crippen molar-refractivity contribution in [2.24, 2.45) is 0 Å². The van der Waals surface area contributed by atoms with Gasteiger partial charge in [0.05, 0.1) is 25.0 Å². The van der Waals surface area contributed by atoms with Gasteiger partial charge in [-0.3, -0.25) is 0 Å². The van der Waals surface area contributed by atoms with Crippen LogP contribution in [0.25, 0.3) is 5.69 Å². The molecule has 1 N–H and O–H groups in total. The molecular formula is C24H21N3O2S. The molecule has 1 aliphatic heterocycles. The Kier molecular flexibility index (Phi) is 4.77. The molecule has 0 radical (unpaired) electrons. The Morgan fingerprint density at radius 2 is 1.87 bits per heavy atom. The van der Waals surface area contributed by atoms with Crippen molar-refractivity contribution >= 4 is 23.1 Å². The number of nitrogens with one attached hydrogen (secondary N) is 1. The number of hydrogen-bond acceptors (Lipinski definition) is 3. The van der Waals surface area contributed by atoms with Crippen LogP contribution in [0.1, 0.15) is 22.2 Å². The Labute approximate surface area is 179 Å². The van der Waals surface area contributed by atoms with E-state index in [4.69, 9.17) is 4.74 Å². The van der Waals surface area contributed by atoms with Gasteiger partial charge in [0.25, 0.3) is 0 Å². The zero-order chi connectivity index (χ0) is 20.5. The molecule has 150 valence electrons. The van der Waals surface area contributed by atoms with Crippen LogP contribution in [0.2, 0.25) is 0 Å². The fourth-order valence-corrected chi connectivity index (χ4v) is 4.80. The second-order valence-corrected chi connectivity index (χ2v) is 8.12. The fourth-order valence-electron chi connectivity index (χ4n) is 3.96. The number of anilines is 1. The first-order valence-electron chi connectivity index (χ1n) is 9.75. The number of para-hydroxylation sites is 1. The predicted molar refractivity (Wildman–Crippen MR) is 119 cm³/mol. The molecule has 0 aliphatic carbocycles. The van der Waals surface area contributed by atoms with Crippen molar-refractivity contribution in [3.05, 3.63) is 101 Å². The molecule has 0 spiro atoms. The molecule has 2 aromatic heterocycles. The van der Waals surface area contributed by atoms with Crippen LogP contribution in [0.15, 0.2) is 84.4 Å². The van der Waals surface area contributed by atoms with Gasteiger partial charge in [-0.05, 0) is 59.5 Å². The van der Waals surface area contributed by atoms with E-state index in [-0.39, 0.29) is 12.1 Å². The summed E-state index contributed by atoms with van der Waals surface area (Å²) in [5.74, 6) is 0.756. The summed E-state index contributed by atoms with van der Waals surface area (Å²) in [6.45, 7) is 0.516. The van der Waals surface area contributed by atoms with E-state index in [0.717, 1.165) is 33.3 Å². The number of thiophene rings is 1. The summed E-state index contributed by atoms with van der Waals surface area (Å²) in [5, 5.41) is 5.12. The number of aromatic nitrogens is 1. The standard InChI is InChI=1S/C24H21N3O2S/c1-29-19-12-10-18(11-13-19)25-24(28)27-16-17-6-2-3-7-20(17)26-14-4-8-21(26)23(27)22-9-5-15-30-22/h2-15,23H,16H2,1H3,(H,25,28). The minimum Gasteiger partial charge on any atom is -0.497 e. The lowest BCUT2D eigenvalue weighted by molar-refractivity contribution is 0.195. The van der Waals surface area contributed by atoms with Crippen LogP contribution in [0.3, 0.4) is 0 Å². The van der Waals surface area contributed by atoms with Gasteiger partial charge >= 0.3 is 6.03 Å². The third-order valence-electron chi connectivity index (χ3n) is 5.38. The summed E-state index contributed by atoms with van der Waals surface area (Å²) in [4.78, 5) is 16.5. The Morgan fingerprint density at radius 3 is 2.63 bits per heavy atom. The Morgan fingerprint density at radius 1 is 1.03 bits per heavy atom. The van der Waals surface area contributed by atoms with E-state index < -0.39 is 0 Å². The van der Waals surface area contributed by atoms with Crippen molar-refractivity contribution < 1.29 is 9.53 Å². The molecular weight excluding hydrogens is 394 g/mol. The lowest BCUT2D eigenvalue weighted by atomic mass is 10.1. The summed E-state index contributed by atoms with van der Waals surface area (Å²) in [6, 6.07) is 23.6. The Hall–Kier alpha value is -3.51. The van der Waals surface area contributed by atoms with Gasteiger partial charge in [0.15, 0.2) is 0 Å². The molecule has 1 aliphatic rings. The molecule has 6 heteroatoms. The van der Waals surface area contributed by atoms with E-state index in [2.05, 4.69) is 45.7 Å². The second kappa shape index (κ2) is 7.72. The summed E-state index contributed by atoms with van der Waals surface area (Å²) in [7, 11) is 1.63. The van der Waals surface area contributed by atoms with Crippen LogP contribution in [-0.4, -0.2) is 22.6 Å². The molecule has 3 heterocycles. The average Bonchev–Trinajstić information content (AvgIpc) is 3.45. The van der Waals surface area contributed by atoms with Gasteiger partial charge in [-0.1, -0.05) is 24.3 Å². The zero-order valence-electron chi connectivity index (χ0n) is 16.5. The Bertz CT molecular complexity index is 1170. The third-order valence-corrected chi connectivity index (χ3v) is 6.30. The molecule has 1 atom stereocenters. The number of ether oxygens (including phenoxy) is 1. The van der Waals surface area contributed by atoms with E-state index in [1.165, 1.54) is 0 Å². The fraction of sp³-hybridized carbons (Fsp3) is 0.125. The van der Waals surface area contributed by atoms with Gasteiger partial charge in [-0.15, -0.1) is 11.3 Å². The number of carbonyl (C=O) groups excluding carboxylic acids is 1. The first-order chi connectivity index (χ1) is 14.7. The molecule has 0 saturated carbocycles. The molecule has 1 unspecified atom stereocenters. The van der Waals surface area contributed by atoms with Crippen molar-refractivity contribution in [2.75, 3.05) is 12.4 Å². The highest BCUT2D eigenvalue weighted by Crippen LogP contribution is 2.38. The molecule has 0 fully saturated rings. The maximum absolute atomic E-state index is 13.5. The van der Waals surface area contributed by atoms with Crippen LogP contribution in [0.4, 0.5) is 10.5 Å². The second-order valence-electron chi connectivity index (χ2n) is 7.14. The molecule has 2 aromatic carbocycles. The van der Waals surface area contributed by atoms with Gasteiger partial charge in [0.2, 0.25) is 0 Å². The highest BCUT2D eigenvalue weighted by Gasteiger charge is 2.33. The minimum absolute atomic E-state index is 0.136. The smallest absolute Gasteiger partial charge is 0.323 e. The highest BCUT2D eigenvalue weighted by atomic mass is 32.1. The number of fused-ring (bicyclic) bond motifs is 3. The van der Waals surface area contributed by atoms with E-state index in [0.29, 0.717) is 6.54 Å². The number of urea groups is 1. The van der Waals surface area contributed by atoms with Gasteiger partial charge < -0.3 is 19.5 Å². The van der Waals surface area contributed by atoms with Crippen LogP contribution in [0.5, 0.6) is 5.75 Å². The van der Waals surface area contributed by atoms with Crippen molar-refractivity contribution in [3.8, 4) is 11.4 Å². The van der Waals surface area contributed by atoms with Gasteiger partial charge in [0, 0.05) is 16.8 Å². The topological polar surface area (TPSA) is 46.5 Å². The van der Waals surface area contributed by atoms with Crippen LogP contribution in [-0.2, 0) is 6.54 Å². The van der Waals surface area contributed by atoms with Crippen molar-refractivity contribution in [3.63, 3.8) is 0 Å². The lowest BCUT2D eigenvalue weighted by Gasteiger charge is -2.30. The summed E-state index contributed by atoms with van der Waals surface area (Å²) < 4.78 is 7.41. The molecule has 5 rings (SSSR count). The molecule has 2 amide bonds. The number of benzene rings is 2. The lowest BCUT2D eigenvalue weighted by Crippen LogP contribution is -2.37. The third kappa shape index (κ3) is 3.25. The minimum atomic E-state index is -0.175. The molecule has 5 nitrogen and oxygen atoms in total. The molecule has 0 saturated heterocycles. The first kappa shape index (κ1) is 18.5. The van der Waals surface area contributed by atoms with E-state index >= 15 is 0 Å².